The van der Waals surface area contributed by atoms with Gasteiger partial charge in [-0.1, -0.05) is 30.3 Å². The Bertz CT molecular complexity index is 848. The summed E-state index contributed by atoms with van der Waals surface area (Å²) < 4.78 is 11.4. The Morgan fingerprint density at radius 1 is 1.23 bits per heavy atom. The number of carbonyl (C=O) groups excluding carboxylic acids is 2. The van der Waals surface area contributed by atoms with Gasteiger partial charge in [0, 0.05) is 13.0 Å². The molecule has 0 aliphatic carbocycles. The van der Waals surface area contributed by atoms with Gasteiger partial charge in [0.05, 0.1) is 32.1 Å². The van der Waals surface area contributed by atoms with Crippen LogP contribution in [0.25, 0.3) is 0 Å². The van der Waals surface area contributed by atoms with Crippen molar-refractivity contribution >= 4 is 11.7 Å². The van der Waals surface area contributed by atoms with E-state index in [1.165, 1.54) is 0 Å². The number of ketones is 1. The normalized spacial score (nSPS) is 21.4. The van der Waals surface area contributed by atoms with Gasteiger partial charge < -0.3 is 14.4 Å². The highest BCUT2D eigenvalue weighted by atomic mass is 16.5. The van der Waals surface area contributed by atoms with Crippen molar-refractivity contribution in [3.8, 4) is 11.5 Å². The van der Waals surface area contributed by atoms with Gasteiger partial charge in [-0.25, -0.2) is 0 Å². The first-order chi connectivity index (χ1) is 12.6. The highest BCUT2D eigenvalue weighted by Crippen LogP contribution is 2.40. The number of methoxy groups -OCH3 is 1. The van der Waals surface area contributed by atoms with Crippen molar-refractivity contribution in [1.82, 2.24) is 4.90 Å². The first-order valence-corrected chi connectivity index (χ1v) is 8.80. The van der Waals surface area contributed by atoms with Gasteiger partial charge in [0.15, 0.2) is 5.78 Å². The number of fused-ring (bicyclic) bond motifs is 1. The van der Waals surface area contributed by atoms with E-state index < -0.39 is 5.60 Å². The van der Waals surface area contributed by atoms with Gasteiger partial charge in [0.25, 0.3) is 0 Å². The van der Waals surface area contributed by atoms with Crippen molar-refractivity contribution < 1.29 is 19.1 Å². The first kappa shape index (κ1) is 16.6. The van der Waals surface area contributed by atoms with Crippen molar-refractivity contribution in [2.75, 3.05) is 20.2 Å². The molecular weight excluding hydrogens is 330 g/mol. The maximum atomic E-state index is 12.6. The van der Waals surface area contributed by atoms with Gasteiger partial charge in [0.2, 0.25) is 5.91 Å². The molecule has 0 saturated carbocycles. The van der Waals surface area contributed by atoms with Crippen LogP contribution in [0.3, 0.4) is 0 Å². The third-order valence-electron chi connectivity index (χ3n) is 5.16. The fraction of sp³-hybridized carbons (Fsp3) is 0.333. The largest absolute Gasteiger partial charge is 0.497 e. The van der Waals surface area contributed by atoms with E-state index in [1.807, 2.05) is 35.2 Å². The number of hydrogen-bond acceptors (Lipinski definition) is 4. The molecule has 1 spiro atoms. The van der Waals surface area contributed by atoms with E-state index in [0.29, 0.717) is 49.4 Å². The van der Waals surface area contributed by atoms with Crippen LogP contribution in [-0.4, -0.2) is 42.4 Å². The van der Waals surface area contributed by atoms with Crippen LogP contribution in [0.15, 0.2) is 48.5 Å². The molecule has 2 aliphatic rings. The summed E-state index contributed by atoms with van der Waals surface area (Å²) in [6, 6.07) is 15.0. The van der Waals surface area contributed by atoms with E-state index in [2.05, 4.69) is 0 Å². The second-order valence-corrected chi connectivity index (χ2v) is 6.97. The lowest BCUT2D eigenvalue weighted by atomic mass is 9.89. The Hall–Kier alpha value is -2.82. The molecule has 4 rings (SSSR count). The third-order valence-corrected chi connectivity index (χ3v) is 5.16. The van der Waals surface area contributed by atoms with Crippen molar-refractivity contribution in [2.24, 2.45) is 0 Å². The number of carbonyl (C=O) groups is 2. The SMILES string of the molecule is COc1ccc2c(c1)C(=O)CC1(CCN(C(=O)Cc3ccccc3)C1)O2. The van der Waals surface area contributed by atoms with Crippen LogP contribution in [0.2, 0.25) is 0 Å². The molecule has 0 radical (unpaired) electrons. The average molecular weight is 351 g/mol. The van der Waals surface area contributed by atoms with Gasteiger partial charge >= 0.3 is 0 Å². The molecule has 0 bridgehead atoms. The van der Waals surface area contributed by atoms with Crippen LogP contribution in [-0.2, 0) is 11.2 Å². The Morgan fingerprint density at radius 3 is 2.81 bits per heavy atom. The summed E-state index contributed by atoms with van der Waals surface area (Å²) in [6.45, 7) is 1.07. The number of likely N-dealkylation sites (tertiary alicyclic amines) is 1. The molecule has 134 valence electrons. The first-order valence-electron chi connectivity index (χ1n) is 8.80. The van der Waals surface area contributed by atoms with E-state index >= 15 is 0 Å². The zero-order chi connectivity index (χ0) is 18.1. The molecule has 1 fully saturated rings. The Morgan fingerprint density at radius 2 is 2.04 bits per heavy atom. The van der Waals surface area contributed by atoms with Crippen LogP contribution >= 0.6 is 0 Å². The van der Waals surface area contributed by atoms with Gasteiger partial charge in [-0.2, -0.15) is 0 Å². The summed E-state index contributed by atoms with van der Waals surface area (Å²) in [5.74, 6) is 1.34. The highest BCUT2D eigenvalue weighted by molar-refractivity contribution is 6.01. The Kier molecular flexibility index (Phi) is 4.15. The molecule has 2 aliphatic heterocycles. The monoisotopic (exact) mass is 351 g/mol. The molecule has 26 heavy (non-hydrogen) atoms. The summed E-state index contributed by atoms with van der Waals surface area (Å²) in [7, 11) is 1.57. The second-order valence-electron chi connectivity index (χ2n) is 6.97. The van der Waals surface area contributed by atoms with Crippen LogP contribution < -0.4 is 9.47 Å². The molecule has 5 heteroatoms. The number of amides is 1. The number of rotatable bonds is 3. The third kappa shape index (κ3) is 3.05. The standard InChI is InChI=1S/C21H21NO4/c1-25-16-7-8-19-17(12-16)18(23)13-21(26-19)9-10-22(14-21)20(24)11-15-5-3-2-4-6-15/h2-8,12H,9-11,13-14H2,1H3. The molecule has 1 amide bonds. The molecule has 1 unspecified atom stereocenters. The average Bonchev–Trinajstić information content (AvgIpc) is 3.05. The summed E-state index contributed by atoms with van der Waals surface area (Å²) in [5, 5.41) is 0. The van der Waals surface area contributed by atoms with Crippen LogP contribution in [0.5, 0.6) is 11.5 Å². The fourth-order valence-corrected chi connectivity index (χ4v) is 3.77. The van der Waals surface area contributed by atoms with Crippen molar-refractivity contribution in [2.45, 2.75) is 24.9 Å². The zero-order valence-corrected chi connectivity index (χ0v) is 14.7. The second kappa shape index (κ2) is 6.48. The summed E-state index contributed by atoms with van der Waals surface area (Å²) in [6.07, 6.45) is 1.34. The van der Waals surface area contributed by atoms with E-state index in [4.69, 9.17) is 9.47 Å². The van der Waals surface area contributed by atoms with Crippen LogP contribution in [0.1, 0.15) is 28.8 Å². The minimum atomic E-state index is -0.606. The summed E-state index contributed by atoms with van der Waals surface area (Å²) in [5.41, 5.74) is 0.950. The lowest BCUT2D eigenvalue weighted by molar-refractivity contribution is -0.130. The van der Waals surface area contributed by atoms with Crippen molar-refractivity contribution in [3.63, 3.8) is 0 Å². The number of ether oxygens (including phenoxy) is 2. The zero-order valence-electron chi connectivity index (χ0n) is 14.7. The van der Waals surface area contributed by atoms with Crippen LogP contribution in [0.4, 0.5) is 0 Å². The predicted molar refractivity (Wildman–Crippen MR) is 96.6 cm³/mol. The summed E-state index contributed by atoms with van der Waals surface area (Å²) >= 11 is 0. The van der Waals surface area contributed by atoms with Crippen molar-refractivity contribution in [1.29, 1.82) is 0 Å². The van der Waals surface area contributed by atoms with Crippen molar-refractivity contribution in [3.05, 3.63) is 59.7 Å². The maximum absolute atomic E-state index is 12.6. The number of hydrogen-bond donors (Lipinski definition) is 0. The molecule has 1 saturated heterocycles. The fourth-order valence-electron chi connectivity index (χ4n) is 3.77. The molecule has 0 aromatic heterocycles. The van der Waals surface area contributed by atoms with E-state index in [0.717, 1.165) is 5.56 Å². The molecule has 2 heterocycles. The Balaban J connectivity index is 1.49. The number of benzene rings is 2. The van der Waals surface area contributed by atoms with Gasteiger partial charge in [-0.15, -0.1) is 0 Å². The van der Waals surface area contributed by atoms with Gasteiger partial charge in [-0.05, 0) is 23.8 Å². The molecular formula is C21H21NO4. The van der Waals surface area contributed by atoms with Gasteiger partial charge in [0.1, 0.15) is 17.1 Å². The Labute approximate surface area is 152 Å². The van der Waals surface area contributed by atoms with E-state index in [1.54, 1.807) is 25.3 Å². The quantitative estimate of drug-likeness (QED) is 0.853. The molecule has 2 aromatic rings. The molecule has 2 aromatic carbocycles. The number of Topliss-reactive ketones (excluding diaryl/α,β-unsaturated/α-hetero) is 1. The van der Waals surface area contributed by atoms with E-state index in [9.17, 15) is 9.59 Å². The minimum Gasteiger partial charge on any atom is -0.497 e. The lowest BCUT2D eigenvalue weighted by Gasteiger charge is -2.34. The van der Waals surface area contributed by atoms with E-state index in [-0.39, 0.29) is 11.7 Å². The molecule has 1 atom stereocenters. The molecule has 5 nitrogen and oxygen atoms in total. The summed E-state index contributed by atoms with van der Waals surface area (Å²) in [4.78, 5) is 27.1. The highest BCUT2D eigenvalue weighted by Gasteiger charge is 2.46. The topological polar surface area (TPSA) is 55.8 Å². The van der Waals surface area contributed by atoms with Crippen LogP contribution in [0, 0.1) is 0 Å². The predicted octanol–water partition coefficient (Wildman–Crippen LogP) is 2.87. The van der Waals surface area contributed by atoms with Gasteiger partial charge in [-0.3, -0.25) is 9.59 Å². The maximum Gasteiger partial charge on any atom is 0.227 e. The molecule has 0 N–H and O–H groups in total. The number of nitrogens with zero attached hydrogens (tertiary/aromatic N) is 1. The smallest absolute Gasteiger partial charge is 0.227 e. The lowest BCUT2D eigenvalue weighted by Crippen LogP contribution is -2.45. The minimum absolute atomic E-state index is 0.0440.